The van der Waals surface area contributed by atoms with Gasteiger partial charge in [-0.3, -0.25) is 9.59 Å². The Labute approximate surface area is 264 Å². The van der Waals surface area contributed by atoms with E-state index in [4.69, 9.17) is 23.4 Å². The summed E-state index contributed by atoms with van der Waals surface area (Å²) in [5.74, 6) is -2.34. The molecule has 3 aliphatic heterocycles. The number of hydrogen-bond donors (Lipinski definition) is 0. The molecule has 1 aromatic carbocycles. The molecule has 45 heavy (non-hydrogen) atoms. The molecule has 4 fully saturated rings. The average Bonchev–Trinajstić information content (AvgIpc) is 3.42. The van der Waals surface area contributed by atoms with Gasteiger partial charge in [0.2, 0.25) is 11.2 Å². The van der Waals surface area contributed by atoms with Gasteiger partial charge in [-0.2, -0.15) is 0 Å². The van der Waals surface area contributed by atoms with E-state index in [1.807, 2.05) is 53.7 Å². The van der Waals surface area contributed by atoms with Gasteiger partial charge in [-0.1, -0.05) is 27.7 Å². The molecule has 0 N–H and O–H groups in total. The highest BCUT2D eigenvalue weighted by Crippen LogP contribution is 2.67. The first-order valence-electron chi connectivity index (χ1n) is 15.5. The van der Waals surface area contributed by atoms with E-state index in [0.717, 1.165) is 0 Å². The number of hydrogen-bond acceptors (Lipinski definition) is 11. The van der Waals surface area contributed by atoms with Crippen LogP contribution in [0.3, 0.4) is 0 Å². The van der Waals surface area contributed by atoms with Crippen molar-refractivity contribution in [2.75, 3.05) is 0 Å². The number of rotatable bonds is 4. The molecule has 2 aliphatic carbocycles. The predicted octanol–water partition coefficient (Wildman–Crippen LogP) is 5.34. The van der Waals surface area contributed by atoms with Crippen LogP contribution in [0, 0.1) is 28.6 Å². The highest BCUT2D eigenvalue weighted by molar-refractivity contribution is 8.00. The van der Waals surface area contributed by atoms with Crippen LogP contribution in [0.1, 0.15) is 91.4 Å². The van der Waals surface area contributed by atoms with Crippen molar-refractivity contribution in [2.45, 2.75) is 115 Å². The van der Waals surface area contributed by atoms with E-state index in [9.17, 15) is 24.0 Å². The SMILES string of the molecule is Cc1cc(=O)oc2c3c(ccc12)S[C@@H](C)[C@@H](OC(=O)[C@]12CC[C@](C)(C(=O)O1)C2(C)C)[C@H]3OC(=O)[C@]12CC[C@](C)(C(=O)O1)C2(C)C. The Balaban J connectivity index is 1.34. The second kappa shape index (κ2) is 8.92. The van der Waals surface area contributed by atoms with Crippen molar-refractivity contribution < 1.29 is 42.5 Å². The Morgan fingerprint density at radius 2 is 1.36 bits per heavy atom. The van der Waals surface area contributed by atoms with Crippen LogP contribution in [-0.2, 0) is 38.1 Å². The summed E-state index contributed by atoms with van der Waals surface area (Å²) < 4.78 is 30.1. The minimum absolute atomic E-state index is 0.228. The molecular formula is C34H38O10S. The summed E-state index contributed by atoms with van der Waals surface area (Å²) in [5, 5.41) is 0.216. The minimum atomic E-state index is -1.54. The fraction of sp³-hybridized carbons (Fsp3) is 0.618. The molecule has 10 nitrogen and oxygen atoms in total. The number of ether oxygens (including phenoxy) is 4. The number of carbonyl (C=O) groups excluding carboxylic acids is 4. The maximum absolute atomic E-state index is 14.4. The fourth-order valence-corrected chi connectivity index (χ4v) is 9.77. The second-order valence-corrected chi connectivity index (χ2v) is 16.4. The zero-order valence-corrected chi connectivity index (χ0v) is 27.6. The van der Waals surface area contributed by atoms with Gasteiger partial charge in [-0.15, -0.1) is 11.8 Å². The molecule has 11 heteroatoms. The zero-order valence-electron chi connectivity index (χ0n) is 26.8. The Bertz CT molecular complexity index is 1790. The molecule has 4 heterocycles. The lowest BCUT2D eigenvalue weighted by Crippen LogP contribution is -2.53. The standard InChI is InChI=1S/C34H38O10S/c1-16-15-20(35)40-23-18(16)9-10-19-21(23)24(42-28(39)34-14-12-32(8,26(37)44-34)30(34,5)6)22(17(2)45-19)41-27(38)33-13-11-31(7,25(36)43-33)29(33,3)4/h9-10,15,17,22,24H,11-14H2,1-8H3/t17-,22+,24-,31+,32+,33-,34-/m0/s1. The minimum Gasteiger partial charge on any atom is -0.454 e. The first kappa shape index (κ1) is 30.3. The summed E-state index contributed by atoms with van der Waals surface area (Å²) in [6.45, 7) is 14.6. The third-order valence-electron chi connectivity index (χ3n) is 12.8. The molecule has 5 aliphatic rings. The number of carbonyl (C=O) groups is 4. The molecule has 0 unspecified atom stereocenters. The summed E-state index contributed by atoms with van der Waals surface area (Å²) in [7, 11) is 0. The van der Waals surface area contributed by atoms with Crippen LogP contribution in [0.25, 0.3) is 11.0 Å². The second-order valence-electron chi connectivity index (χ2n) is 15.0. The van der Waals surface area contributed by atoms with Crippen molar-refractivity contribution in [2.24, 2.45) is 21.7 Å². The van der Waals surface area contributed by atoms with Gasteiger partial charge >= 0.3 is 29.5 Å². The first-order valence-corrected chi connectivity index (χ1v) is 16.4. The number of thioether (sulfide) groups is 1. The Kier molecular flexibility index (Phi) is 6.01. The maximum atomic E-state index is 14.4. The Morgan fingerprint density at radius 1 is 0.822 bits per heavy atom. The molecule has 240 valence electrons. The monoisotopic (exact) mass is 638 g/mol. The van der Waals surface area contributed by atoms with Gasteiger partial charge in [0.15, 0.2) is 12.2 Å². The number of esters is 4. The van der Waals surface area contributed by atoms with E-state index in [2.05, 4.69) is 0 Å². The van der Waals surface area contributed by atoms with Crippen molar-refractivity contribution in [3.63, 3.8) is 0 Å². The zero-order chi connectivity index (χ0) is 32.7. The molecule has 2 saturated carbocycles. The lowest BCUT2D eigenvalue weighted by atomic mass is 9.66. The van der Waals surface area contributed by atoms with E-state index in [-0.39, 0.29) is 12.0 Å². The molecule has 2 aromatic rings. The van der Waals surface area contributed by atoms with E-state index >= 15 is 0 Å². The first-order chi connectivity index (χ1) is 20.9. The number of aryl methyl sites for hydroxylation is 1. The lowest BCUT2D eigenvalue weighted by Gasteiger charge is -2.41. The predicted molar refractivity (Wildman–Crippen MR) is 161 cm³/mol. The third kappa shape index (κ3) is 3.40. The lowest BCUT2D eigenvalue weighted by molar-refractivity contribution is -0.202. The van der Waals surface area contributed by atoms with Gasteiger partial charge in [0.25, 0.3) is 0 Å². The molecule has 1 aromatic heterocycles. The van der Waals surface area contributed by atoms with Crippen LogP contribution in [-0.4, -0.2) is 46.4 Å². The molecule has 4 bridgehead atoms. The van der Waals surface area contributed by atoms with Gasteiger partial charge in [-0.05, 0) is 71.1 Å². The molecular weight excluding hydrogens is 600 g/mol. The van der Waals surface area contributed by atoms with E-state index < -0.39 is 79.8 Å². The summed E-state index contributed by atoms with van der Waals surface area (Å²) in [5.41, 5.74) is -5.77. The van der Waals surface area contributed by atoms with Crippen LogP contribution < -0.4 is 5.63 Å². The van der Waals surface area contributed by atoms with E-state index in [1.54, 1.807) is 13.8 Å². The maximum Gasteiger partial charge on any atom is 0.351 e. The molecule has 0 radical (unpaired) electrons. The van der Waals surface area contributed by atoms with Crippen molar-refractivity contribution in [3.8, 4) is 0 Å². The number of fused-ring (bicyclic) bond motifs is 7. The van der Waals surface area contributed by atoms with Crippen molar-refractivity contribution >= 4 is 46.6 Å². The van der Waals surface area contributed by atoms with Crippen molar-refractivity contribution in [1.82, 2.24) is 0 Å². The number of benzene rings is 1. The Morgan fingerprint density at radius 3 is 1.84 bits per heavy atom. The van der Waals surface area contributed by atoms with Crippen LogP contribution in [0.15, 0.2) is 32.3 Å². The third-order valence-corrected chi connectivity index (χ3v) is 14.0. The summed E-state index contributed by atoms with van der Waals surface area (Å²) in [6, 6.07) is 5.11. The van der Waals surface area contributed by atoms with Crippen molar-refractivity contribution in [1.29, 1.82) is 0 Å². The molecule has 0 amide bonds. The molecule has 7 rings (SSSR count). The summed E-state index contributed by atoms with van der Waals surface area (Å²) in [6.07, 6.45) is -0.762. The van der Waals surface area contributed by atoms with E-state index in [1.165, 1.54) is 17.8 Å². The molecule has 0 spiro atoms. The Hall–Kier alpha value is -3.34. The smallest absolute Gasteiger partial charge is 0.351 e. The van der Waals surface area contributed by atoms with Gasteiger partial charge in [0, 0.05) is 32.4 Å². The summed E-state index contributed by atoms with van der Waals surface area (Å²) >= 11 is 1.40. The average molecular weight is 639 g/mol. The summed E-state index contributed by atoms with van der Waals surface area (Å²) in [4.78, 5) is 67.9. The van der Waals surface area contributed by atoms with Gasteiger partial charge < -0.3 is 23.4 Å². The quantitative estimate of drug-likeness (QED) is 0.244. The van der Waals surface area contributed by atoms with Gasteiger partial charge in [0.1, 0.15) is 5.58 Å². The highest BCUT2D eigenvalue weighted by atomic mass is 32.2. The van der Waals surface area contributed by atoms with Gasteiger partial charge in [-0.25, -0.2) is 14.4 Å². The molecule has 2 saturated heterocycles. The van der Waals surface area contributed by atoms with Crippen LogP contribution in [0.2, 0.25) is 0 Å². The van der Waals surface area contributed by atoms with Crippen LogP contribution in [0.4, 0.5) is 0 Å². The molecule has 7 atom stereocenters. The normalized spacial score (nSPS) is 38.5. The largest absolute Gasteiger partial charge is 0.454 e. The highest BCUT2D eigenvalue weighted by Gasteiger charge is 2.78. The van der Waals surface area contributed by atoms with Gasteiger partial charge in [0.05, 0.1) is 16.4 Å². The van der Waals surface area contributed by atoms with Crippen molar-refractivity contribution in [3.05, 3.63) is 39.7 Å². The van der Waals surface area contributed by atoms with Crippen LogP contribution in [0.5, 0.6) is 0 Å². The van der Waals surface area contributed by atoms with Crippen LogP contribution >= 0.6 is 11.8 Å². The topological polar surface area (TPSA) is 135 Å². The van der Waals surface area contributed by atoms with E-state index in [0.29, 0.717) is 40.7 Å². The fourth-order valence-electron chi connectivity index (χ4n) is 8.55.